The van der Waals surface area contributed by atoms with Crippen LogP contribution in [-0.4, -0.2) is 64.0 Å². The lowest BCUT2D eigenvalue weighted by atomic mass is 9.73. The van der Waals surface area contributed by atoms with Gasteiger partial charge in [-0.3, -0.25) is 14.8 Å². The Morgan fingerprint density at radius 2 is 1.89 bits per heavy atom. The normalized spacial score (nSPS) is 22.1. The van der Waals surface area contributed by atoms with Gasteiger partial charge < -0.3 is 14.6 Å². The number of ether oxygens (including phenoxy) is 2. The van der Waals surface area contributed by atoms with Crippen molar-refractivity contribution >= 4 is 49.0 Å². The molecular weight excluding hydrogens is 631 g/mol. The Kier molecular flexibility index (Phi) is 11.2. The molecular formula is C33H42F2N4O5SSi. The first-order valence-electron chi connectivity index (χ1n) is 14.8. The van der Waals surface area contributed by atoms with Crippen LogP contribution < -0.4 is 0 Å². The van der Waals surface area contributed by atoms with Gasteiger partial charge in [-0.1, -0.05) is 44.4 Å². The molecule has 0 saturated carbocycles. The number of rotatable bonds is 9. The fraction of sp³-hybridized carbons (Fsp3) is 0.485. The number of carbonyl (C=O) groups excluding carboxylic acids is 1. The molecule has 248 valence electrons. The molecule has 3 atom stereocenters. The summed E-state index contributed by atoms with van der Waals surface area (Å²) >= 11 is 0.873. The van der Waals surface area contributed by atoms with E-state index in [1.807, 2.05) is 6.07 Å². The summed E-state index contributed by atoms with van der Waals surface area (Å²) < 4.78 is 40.9. The number of carboxylic acids is 1. The summed E-state index contributed by atoms with van der Waals surface area (Å²) in [7, 11) is -1.46. The topological polar surface area (TPSA) is 125 Å². The molecule has 0 radical (unpaired) electrons. The number of hydrogen-bond acceptors (Lipinski definition) is 8. The van der Waals surface area contributed by atoms with Crippen LogP contribution >= 0.6 is 11.8 Å². The smallest absolute Gasteiger partial charge is 0.418 e. The molecule has 2 aromatic rings. The van der Waals surface area contributed by atoms with Crippen LogP contribution in [0.4, 0.5) is 13.6 Å². The maximum absolute atomic E-state index is 15.7. The summed E-state index contributed by atoms with van der Waals surface area (Å²) in [6.45, 7) is 16.6. The molecule has 13 heteroatoms. The molecule has 2 heterocycles. The van der Waals surface area contributed by atoms with E-state index in [9.17, 15) is 14.7 Å². The zero-order chi connectivity index (χ0) is 34.7. The van der Waals surface area contributed by atoms with E-state index in [2.05, 4.69) is 24.6 Å². The minimum atomic E-state index is -1.57. The van der Waals surface area contributed by atoms with Gasteiger partial charge in [-0.15, -0.1) is 0 Å². The van der Waals surface area contributed by atoms with Crippen molar-refractivity contribution in [2.75, 3.05) is 13.3 Å². The van der Waals surface area contributed by atoms with Crippen molar-refractivity contribution in [2.45, 2.75) is 83.1 Å². The predicted octanol–water partition coefficient (Wildman–Crippen LogP) is 7.91. The number of hydrogen-bond donors (Lipinski definition) is 1. The molecule has 1 aromatic heterocycles. The Balaban J connectivity index is 2.15. The van der Waals surface area contributed by atoms with Crippen LogP contribution in [0.25, 0.3) is 11.9 Å². The molecule has 1 N–H and O–H groups in total. The summed E-state index contributed by atoms with van der Waals surface area (Å²) in [5, 5.41) is 19.5. The molecule has 0 saturated heterocycles. The molecule has 46 heavy (non-hydrogen) atoms. The first kappa shape index (κ1) is 36.9. The number of nitrogens with zero attached hydrogens (tertiary/aromatic N) is 4. The van der Waals surface area contributed by atoms with Gasteiger partial charge in [0.15, 0.2) is 5.17 Å². The SMILES string of the molecule is C[C@@H]1[C@@](C)(C(=O)O)SC(N(COCC[Si](C)(C)C)C(=O)OC(C)(C)C)=N[C@]1(C)c1cc(/C=C(\F)c2ccc(C#N)cn2)ccc1F. The van der Waals surface area contributed by atoms with Gasteiger partial charge in [-0.25, -0.2) is 18.5 Å². The monoisotopic (exact) mass is 672 g/mol. The number of carbonyl (C=O) groups is 2. The van der Waals surface area contributed by atoms with E-state index >= 15 is 8.78 Å². The van der Waals surface area contributed by atoms with Gasteiger partial charge in [0.05, 0.1) is 16.8 Å². The van der Waals surface area contributed by atoms with Gasteiger partial charge in [0, 0.05) is 32.4 Å². The molecule has 1 aliphatic heterocycles. The van der Waals surface area contributed by atoms with Crippen molar-refractivity contribution in [3.05, 3.63) is 64.7 Å². The van der Waals surface area contributed by atoms with Crippen LogP contribution in [0, 0.1) is 23.1 Å². The van der Waals surface area contributed by atoms with Crippen molar-refractivity contribution in [3.63, 3.8) is 0 Å². The molecule has 1 amide bonds. The summed E-state index contributed by atoms with van der Waals surface area (Å²) in [5.41, 5.74) is -1.85. The minimum Gasteiger partial charge on any atom is -0.480 e. The fourth-order valence-electron chi connectivity index (χ4n) is 4.65. The maximum atomic E-state index is 15.7. The van der Waals surface area contributed by atoms with Crippen LogP contribution in [0.1, 0.15) is 63.9 Å². The van der Waals surface area contributed by atoms with Gasteiger partial charge in [0.1, 0.15) is 34.8 Å². The first-order chi connectivity index (χ1) is 21.2. The van der Waals surface area contributed by atoms with Crippen molar-refractivity contribution < 1.29 is 33.0 Å². The van der Waals surface area contributed by atoms with E-state index in [1.54, 1.807) is 34.6 Å². The Hall–Kier alpha value is -3.60. The Morgan fingerprint density at radius 1 is 1.22 bits per heavy atom. The molecule has 1 aliphatic rings. The van der Waals surface area contributed by atoms with E-state index in [-0.39, 0.29) is 34.3 Å². The average Bonchev–Trinajstić information content (AvgIpc) is 2.95. The number of benzene rings is 1. The number of carboxylic acid groups (broad SMARTS) is 1. The number of pyridine rings is 1. The molecule has 3 rings (SSSR count). The van der Waals surface area contributed by atoms with Crippen LogP contribution in [0.2, 0.25) is 25.7 Å². The van der Waals surface area contributed by atoms with Crippen molar-refractivity contribution in [1.29, 1.82) is 5.26 Å². The summed E-state index contributed by atoms with van der Waals surface area (Å²) in [6.07, 6.45) is 1.63. The number of amidine groups is 1. The highest BCUT2D eigenvalue weighted by atomic mass is 32.2. The standard InChI is InChI=1S/C33H42F2N4O5SSi/c1-21-32(5,24-16-22(10-12-25(24)34)17-26(35)27-13-11-23(18-36)19-37-27)38-29(45-33(21,6)28(40)41)39(30(42)44-31(2,3)4)20-43-14-15-46(7,8)9/h10-13,16-17,19,21H,14-15,20H2,1-9H3,(H,40,41)/b26-17-/t21-,32-,33-/m0/s1. The molecule has 0 bridgehead atoms. The fourth-order valence-corrected chi connectivity index (χ4v) is 6.75. The molecule has 1 aromatic carbocycles. The quantitative estimate of drug-likeness (QED) is 0.162. The van der Waals surface area contributed by atoms with Crippen molar-refractivity contribution in [3.8, 4) is 6.07 Å². The number of aliphatic imine (C=N–C) groups is 1. The lowest BCUT2D eigenvalue weighted by Gasteiger charge is -2.47. The van der Waals surface area contributed by atoms with Crippen LogP contribution in [0.15, 0.2) is 41.5 Å². The highest BCUT2D eigenvalue weighted by Gasteiger charge is 2.55. The minimum absolute atomic E-state index is 0.000983. The van der Waals surface area contributed by atoms with Gasteiger partial charge >= 0.3 is 12.1 Å². The summed E-state index contributed by atoms with van der Waals surface area (Å²) in [4.78, 5) is 36.3. The van der Waals surface area contributed by atoms with E-state index in [4.69, 9.17) is 19.7 Å². The van der Waals surface area contributed by atoms with Crippen LogP contribution in [0.3, 0.4) is 0 Å². The number of halogens is 2. The molecule has 9 nitrogen and oxygen atoms in total. The number of aliphatic carboxylic acids is 1. The molecule has 0 unspecified atom stereocenters. The second-order valence-electron chi connectivity index (χ2n) is 13.8. The lowest BCUT2D eigenvalue weighted by molar-refractivity contribution is -0.141. The third kappa shape index (κ3) is 8.80. The zero-order valence-electron chi connectivity index (χ0n) is 27.8. The summed E-state index contributed by atoms with van der Waals surface area (Å²) in [6, 6.07) is 9.51. The third-order valence-corrected chi connectivity index (χ3v) is 10.9. The highest BCUT2D eigenvalue weighted by Crippen LogP contribution is 2.52. The molecule has 0 aliphatic carbocycles. The second-order valence-corrected chi connectivity index (χ2v) is 20.8. The number of amides is 1. The van der Waals surface area contributed by atoms with Gasteiger partial charge in [0.25, 0.3) is 0 Å². The van der Waals surface area contributed by atoms with Gasteiger partial charge in [-0.05, 0) is 76.6 Å². The lowest BCUT2D eigenvalue weighted by Crippen LogP contribution is -2.55. The summed E-state index contributed by atoms with van der Waals surface area (Å²) in [5.74, 6) is -3.38. The first-order valence-corrected chi connectivity index (χ1v) is 19.4. The van der Waals surface area contributed by atoms with E-state index in [1.165, 1.54) is 49.5 Å². The number of thioether (sulfide) groups is 1. The van der Waals surface area contributed by atoms with Crippen LogP contribution in [-0.2, 0) is 19.8 Å². The largest absolute Gasteiger partial charge is 0.480 e. The third-order valence-electron chi connectivity index (χ3n) is 7.75. The second kappa shape index (κ2) is 14.0. The van der Waals surface area contributed by atoms with Crippen LogP contribution in [0.5, 0.6) is 0 Å². The Morgan fingerprint density at radius 3 is 2.43 bits per heavy atom. The van der Waals surface area contributed by atoms with E-state index < -0.39 is 53.6 Å². The predicted molar refractivity (Wildman–Crippen MR) is 179 cm³/mol. The average molecular weight is 673 g/mol. The highest BCUT2D eigenvalue weighted by molar-refractivity contribution is 8.15. The van der Waals surface area contributed by atoms with Crippen molar-refractivity contribution in [1.82, 2.24) is 9.88 Å². The number of aromatic nitrogens is 1. The Labute approximate surface area is 274 Å². The van der Waals surface area contributed by atoms with Gasteiger partial charge in [-0.2, -0.15) is 5.26 Å². The molecule has 0 fully saturated rings. The maximum Gasteiger partial charge on any atom is 0.418 e. The van der Waals surface area contributed by atoms with Gasteiger partial charge in [0.2, 0.25) is 0 Å². The zero-order valence-corrected chi connectivity index (χ0v) is 29.6. The van der Waals surface area contributed by atoms with E-state index in [0.29, 0.717) is 6.61 Å². The molecule has 0 spiro atoms. The Bertz CT molecular complexity index is 1570. The number of nitriles is 1. The van der Waals surface area contributed by atoms with E-state index in [0.717, 1.165) is 22.7 Å². The van der Waals surface area contributed by atoms with Crippen molar-refractivity contribution in [2.24, 2.45) is 10.9 Å².